The van der Waals surface area contributed by atoms with Crippen LogP contribution in [-0.4, -0.2) is 0 Å². The zero-order valence-corrected chi connectivity index (χ0v) is 10.7. The Morgan fingerprint density at radius 2 is 1.88 bits per heavy atom. The molecule has 0 aromatic heterocycles. The molecule has 0 nitrogen and oxygen atoms in total. The van der Waals surface area contributed by atoms with Crippen LogP contribution in [0.5, 0.6) is 0 Å². The summed E-state index contributed by atoms with van der Waals surface area (Å²) in [5.74, 6) is 1.78. The summed E-state index contributed by atoms with van der Waals surface area (Å²) in [5.41, 5.74) is 3.08. The molecule has 1 aliphatic carbocycles. The molecule has 1 aliphatic rings. The van der Waals surface area contributed by atoms with E-state index in [1.54, 1.807) is 5.56 Å². The molecule has 88 valence electrons. The van der Waals surface area contributed by atoms with Crippen LogP contribution in [0.2, 0.25) is 0 Å². The minimum atomic E-state index is 0.843. The van der Waals surface area contributed by atoms with Gasteiger partial charge in [-0.25, -0.2) is 0 Å². The standard InChI is InChI=1S/C16H24/c1-3-4-5-14-7-10-15(11-8-14)16-9-6-13(2)12-16/h7-8,10-11,13,16H,3-6,9,12H2,1-2H3. The third kappa shape index (κ3) is 2.87. The molecule has 0 heterocycles. The van der Waals surface area contributed by atoms with Crippen LogP contribution in [0.1, 0.15) is 63.0 Å². The summed E-state index contributed by atoms with van der Waals surface area (Å²) < 4.78 is 0. The molecular weight excluding hydrogens is 192 g/mol. The molecule has 1 aromatic carbocycles. The van der Waals surface area contributed by atoms with Crippen LogP contribution in [0.25, 0.3) is 0 Å². The van der Waals surface area contributed by atoms with Gasteiger partial charge in [0.15, 0.2) is 0 Å². The largest absolute Gasteiger partial charge is 0.0654 e. The lowest BCUT2D eigenvalue weighted by atomic mass is 9.95. The first-order chi connectivity index (χ1) is 7.79. The molecule has 2 atom stereocenters. The van der Waals surface area contributed by atoms with Crippen molar-refractivity contribution >= 4 is 0 Å². The SMILES string of the molecule is CCCCc1ccc(C2CCC(C)C2)cc1. The van der Waals surface area contributed by atoms with Crippen molar-refractivity contribution in [2.75, 3.05) is 0 Å². The second kappa shape index (κ2) is 5.52. The molecule has 2 unspecified atom stereocenters. The summed E-state index contributed by atoms with van der Waals surface area (Å²) in [6.45, 7) is 4.64. The molecular formula is C16H24. The van der Waals surface area contributed by atoms with Crippen LogP contribution in [0.15, 0.2) is 24.3 Å². The van der Waals surface area contributed by atoms with Gasteiger partial charge in [0, 0.05) is 0 Å². The molecule has 0 amide bonds. The van der Waals surface area contributed by atoms with Crippen molar-refractivity contribution in [2.24, 2.45) is 5.92 Å². The number of unbranched alkanes of at least 4 members (excludes halogenated alkanes) is 1. The first-order valence-corrected chi connectivity index (χ1v) is 6.88. The maximum Gasteiger partial charge on any atom is -0.0159 e. The lowest BCUT2D eigenvalue weighted by Crippen LogP contribution is -1.94. The molecule has 0 heteroatoms. The minimum absolute atomic E-state index is 0.843. The van der Waals surface area contributed by atoms with Crippen molar-refractivity contribution < 1.29 is 0 Å². The van der Waals surface area contributed by atoms with Crippen LogP contribution in [0.4, 0.5) is 0 Å². The van der Waals surface area contributed by atoms with Gasteiger partial charge < -0.3 is 0 Å². The Bertz CT molecular complexity index is 309. The quantitative estimate of drug-likeness (QED) is 0.669. The highest BCUT2D eigenvalue weighted by Gasteiger charge is 2.22. The van der Waals surface area contributed by atoms with Crippen LogP contribution in [-0.2, 0) is 6.42 Å². The maximum atomic E-state index is 2.38. The monoisotopic (exact) mass is 216 g/mol. The van der Waals surface area contributed by atoms with Gasteiger partial charge in [0.2, 0.25) is 0 Å². The highest BCUT2D eigenvalue weighted by Crippen LogP contribution is 2.37. The van der Waals surface area contributed by atoms with E-state index >= 15 is 0 Å². The fraction of sp³-hybridized carbons (Fsp3) is 0.625. The summed E-state index contributed by atoms with van der Waals surface area (Å²) >= 11 is 0. The van der Waals surface area contributed by atoms with Crippen LogP contribution in [0, 0.1) is 5.92 Å². The molecule has 1 aromatic rings. The number of benzene rings is 1. The number of hydrogen-bond donors (Lipinski definition) is 0. The second-order valence-electron chi connectivity index (χ2n) is 5.46. The van der Waals surface area contributed by atoms with Gasteiger partial charge in [0.1, 0.15) is 0 Å². The van der Waals surface area contributed by atoms with Gasteiger partial charge in [-0.2, -0.15) is 0 Å². The maximum absolute atomic E-state index is 2.38. The van der Waals surface area contributed by atoms with E-state index in [1.165, 1.54) is 44.1 Å². The van der Waals surface area contributed by atoms with E-state index in [2.05, 4.69) is 38.1 Å². The van der Waals surface area contributed by atoms with Crippen LogP contribution >= 0.6 is 0 Å². The molecule has 0 saturated heterocycles. The van der Waals surface area contributed by atoms with Crippen molar-refractivity contribution in [2.45, 2.75) is 58.3 Å². The fourth-order valence-corrected chi connectivity index (χ4v) is 2.85. The van der Waals surface area contributed by atoms with E-state index in [4.69, 9.17) is 0 Å². The van der Waals surface area contributed by atoms with Gasteiger partial charge in [0.25, 0.3) is 0 Å². The Labute approximate surface area is 100 Å². The Kier molecular flexibility index (Phi) is 4.04. The molecule has 1 fully saturated rings. The van der Waals surface area contributed by atoms with Gasteiger partial charge >= 0.3 is 0 Å². The lowest BCUT2D eigenvalue weighted by Gasteiger charge is -2.10. The van der Waals surface area contributed by atoms with Crippen molar-refractivity contribution in [1.29, 1.82) is 0 Å². The smallest absolute Gasteiger partial charge is 0.0159 e. The van der Waals surface area contributed by atoms with E-state index in [0.717, 1.165) is 11.8 Å². The predicted octanol–water partition coefficient (Wildman–Crippen LogP) is 4.93. The van der Waals surface area contributed by atoms with Gasteiger partial charge in [0.05, 0.1) is 0 Å². The lowest BCUT2D eigenvalue weighted by molar-refractivity contribution is 0.596. The number of aryl methyl sites for hydroxylation is 1. The third-order valence-electron chi connectivity index (χ3n) is 3.96. The van der Waals surface area contributed by atoms with Crippen molar-refractivity contribution in [3.63, 3.8) is 0 Å². The molecule has 0 spiro atoms. The zero-order valence-electron chi connectivity index (χ0n) is 10.7. The molecule has 0 radical (unpaired) electrons. The summed E-state index contributed by atoms with van der Waals surface area (Å²) in [6, 6.07) is 9.42. The molecule has 0 bridgehead atoms. The van der Waals surface area contributed by atoms with Crippen molar-refractivity contribution in [1.82, 2.24) is 0 Å². The highest BCUT2D eigenvalue weighted by atomic mass is 14.3. The van der Waals surface area contributed by atoms with Gasteiger partial charge in [-0.15, -0.1) is 0 Å². The normalized spacial score (nSPS) is 24.9. The number of hydrogen-bond acceptors (Lipinski definition) is 0. The molecule has 0 aliphatic heterocycles. The first kappa shape index (κ1) is 11.7. The zero-order chi connectivity index (χ0) is 11.4. The summed E-state index contributed by atoms with van der Waals surface area (Å²) in [6.07, 6.45) is 8.07. The van der Waals surface area contributed by atoms with E-state index in [-0.39, 0.29) is 0 Å². The Hall–Kier alpha value is -0.780. The van der Waals surface area contributed by atoms with E-state index in [0.29, 0.717) is 0 Å². The average Bonchev–Trinajstić information content (AvgIpc) is 2.74. The average molecular weight is 216 g/mol. The molecule has 0 N–H and O–H groups in total. The van der Waals surface area contributed by atoms with Crippen molar-refractivity contribution in [3.8, 4) is 0 Å². The predicted molar refractivity (Wildman–Crippen MR) is 70.8 cm³/mol. The van der Waals surface area contributed by atoms with Gasteiger partial charge in [-0.3, -0.25) is 0 Å². The van der Waals surface area contributed by atoms with E-state index < -0.39 is 0 Å². The van der Waals surface area contributed by atoms with Crippen LogP contribution in [0.3, 0.4) is 0 Å². The van der Waals surface area contributed by atoms with Gasteiger partial charge in [-0.1, -0.05) is 51.0 Å². The third-order valence-corrected chi connectivity index (χ3v) is 3.96. The van der Waals surface area contributed by atoms with E-state index in [9.17, 15) is 0 Å². The molecule has 16 heavy (non-hydrogen) atoms. The Morgan fingerprint density at radius 3 is 2.44 bits per heavy atom. The second-order valence-corrected chi connectivity index (χ2v) is 5.46. The number of rotatable bonds is 4. The molecule has 1 saturated carbocycles. The highest BCUT2D eigenvalue weighted by molar-refractivity contribution is 5.26. The van der Waals surface area contributed by atoms with Gasteiger partial charge in [-0.05, 0) is 48.6 Å². The topological polar surface area (TPSA) is 0 Å². The minimum Gasteiger partial charge on any atom is -0.0654 e. The summed E-state index contributed by atoms with van der Waals surface area (Å²) in [7, 11) is 0. The van der Waals surface area contributed by atoms with Crippen molar-refractivity contribution in [3.05, 3.63) is 35.4 Å². The Balaban J connectivity index is 1.96. The summed E-state index contributed by atoms with van der Waals surface area (Å²) in [5, 5.41) is 0. The fourth-order valence-electron chi connectivity index (χ4n) is 2.85. The first-order valence-electron chi connectivity index (χ1n) is 6.88. The molecule has 2 rings (SSSR count). The summed E-state index contributed by atoms with van der Waals surface area (Å²) in [4.78, 5) is 0. The Morgan fingerprint density at radius 1 is 1.12 bits per heavy atom. The van der Waals surface area contributed by atoms with E-state index in [1.807, 2.05) is 0 Å². The van der Waals surface area contributed by atoms with Crippen LogP contribution < -0.4 is 0 Å².